The van der Waals surface area contributed by atoms with Crippen LogP contribution in [0.1, 0.15) is 17.2 Å². The van der Waals surface area contributed by atoms with Gasteiger partial charge in [0.05, 0.1) is 6.54 Å². The molecule has 17 heavy (non-hydrogen) atoms. The number of aromatic nitrogens is 4. The quantitative estimate of drug-likeness (QED) is 0.616. The van der Waals surface area contributed by atoms with Crippen LogP contribution in [0.5, 0.6) is 0 Å². The van der Waals surface area contributed by atoms with E-state index in [2.05, 4.69) is 15.5 Å². The zero-order valence-electron chi connectivity index (χ0n) is 9.20. The van der Waals surface area contributed by atoms with Crippen LogP contribution in [-0.4, -0.2) is 33.6 Å². The monoisotopic (exact) mass is 230 g/mol. The molecular formula is C11H10N4O2. The number of tetrazole rings is 1. The van der Waals surface area contributed by atoms with Crippen molar-refractivity contribution in [2.24, 2.45) is 0 Å². The first-order chi connectivity index (χ1) is 8.33. The van der Waals surface area contributed by atoms with Crippen LogP contribution in [0.4, 0.5) is 0 Å². The van der Waals surface area contributed by atoms with Gasteiger partial charge in [-0.05, 0) is 21.6 Å². The topological polar surface area (TPSA) is 69.9 Å². The molecule has 0 aliphatic carbocycles. The maximum Gasteiger partial charge on any atom is 0.182 e. The van der Waals surface area contributed by atoms with E-state index in [0.29, 0.717) is 6.54 Å². The van der Waals surface area contributed by atoms with Crippen LogP contribution in [0.2, 0.25) is 0 Å². The van der Waals surface area contributed by atoms with Gasteiger partial charge >= 0.3 is 0 Å². The summed E-state index contributed by atoms with van der Waals surface area (Å²) in [5, 5.41) is 11.4. The average Bonchev–Trinajstić information content (AvgIpc) is 2.90. The van der Waals surface area contributed by atoms with Gasteiger partial charge in [-0.2, -0.15) is 0 Å². The summed E-state index contributed by atoms with van der Waals surface area (Å²) < 4.78 is 6.82. The van der Waals surface area contributed by atoms with Gasteiger partial charge in [0.2, 0.25) is 0 Å². The molecule has 1 aromatic heterocycles. The van der Waals surface area contributed by atoms with Gasteiger partial charge in [0.15, 0.2) is 12.1 Å². The summed E-state index contributed by atoms with van der Waals surface area (Å²) in [4.78, 5) is 10.8. The van der Waals surface area contributed by atoms with Crippen molar-refractivity contribution in [1.29, 1.82) is 0 Å². The molecule has 86 valence electrons. The molecule has 0 unspecified atom stereocenters. The minimum Gasteiger partial charge on any atom is -0.369 e. The van der Waals surface area contributed by atoms with Gasteiger partial charge in [-0.3, -0.25) is 0 Å². The summed E-state index contributed by atoms with van der Waals surface area (Å²) in [6.07, 6.45) is 0.272. The summed E-state index contributed by atoms with van der Waals surface area (Å²) in [7, 11) is 1.52. The second-order valence-electron chi connectivity index (χ2n) is 3.87. The van der Waals surface area contributed by atoms with Gasteiger partial charge in [-0.1, -0.05) is 18.2 Å². The Kier molecular flexibility index (Phi) is 2.22. The van der Waals surface area contributed by atoms with E-state index in [1.54, 1.807) is 4.68 Å². The first-order valence-electron chi connectivity index (χ1n) is 5.21. The third-order valence-electron chi connectivity index (χ3n) is 2.93. The molecule has 0 saturated heterocycles. The molecule has 0 bridgehead atoms. The molecule has 0 saturated carbocycles. The largest absolute Gasteiger partial charge is 0.369 e. The zero-order chi connectivity index (χ0) is 11.8. The van der Waals surface area contributed by atoms with Crippen molar-refractivity contribution in [2.45, 2.75) is 12.6 Å². The molecule has 0 spiro atoms. The average molecular weight is 230 g/mol. The molecule has 3 rings (SSSR count). The van der Waals surface area contributed by atoms with Crippen LogP contribution in [0.15, 0.2) is 18.2 Å². The predicted octanol–water partition coefficient (Wildman–Crippen LogP) is 0.588. The normalized spacial score (nSPS) is 14.2. The van der Waals surface area contributed by atoms with E-state index < -0.39 is 6.10 Å². The van der Waals surface area contributed by atoms with Crippen molar-refractivity contribution >= 4 is 6.29 Å². The molecule has 0 fully saturated rings. The van der Waals surface area contributed by atoms with E-state index >= 15 is 0 Å². The van der Waals surface area contributed by atoms with Crippen LogP contribution in [-0.2, 0) is 16.1 Å². The maximum absolute atomic E-state index is 10.8. The molecular weight excluding hydrogens is 220 g/mol. The van der Waals surface area contributed by atoms with Crippen LogP contribution in [0, 0.1) is 0 Å². The molecule has 0 radical (unpaired) electrons. The van der Waals surface area contributed by atoms with E-state index in [1.165, 1.54) is 7.11 Å². The second kappa shape index (κ2) is 3.74. The Morgan fingerprint density at radius 1 is 1.53 bits per heavy atom. The lowest BCUT2D eigenvalue weighted by Gasteiger charge is -2.09. The summed E-state index contributed by atoms with van der Waals surface area (Å²) in [5.41, 5.74) is 2.95. The zero-order valence-corrected chi connectivity index (χ0v) is 9.20. The van der Waals surface area contributed by atoms with Crippen LogP contribution in [0.3, 0.4) is 0 Å². The van der Waals surface area contributed by atoms with Gasteiger partial charge in [0, 0.05) is 12.7 Å². The van der Waals surface area contributed by atoms with E-state index in [4.69, 9.17) is 4.74 Å². The molecule has 2 aromatic rings. The number of aldehydes is 1. The van der Waals surface area contributed by atoms with Gasteiger partial charge < -0.3 is 9.53 Å². The lowest BCUT2D eigenvalue weighted by atomic mass is 10.0. The number of hydrogen-bond acceptors (Lipinski definition) is 5. The molecule has 0 amide bonds. The molecule has 1 aliphatic heterocycles. The third kappa shape index (κ3) is 1.45. The Hall–Kier alpha value is -2.08. The summed E-state index contributed by atoms with van der Waals surface area (Å²) >= 11 is 0. The highest BCUT2D eigenvalue weighted by molar-refractivity contribution is 5.67. The van der Waals surface area contributed by atoms with Crippen molar-refractivity contribution in [2.75, 3.05) is 7.11 Å². The molecule has 6 heteroatoms. The lowest BCUT2D eigenvalue weighted by Crippen LogP contribution is -2.03. The molecule has 1 aromatic carbocycles. The third-order valence-corrected chi connectivity index (χ3v) is 2.93. The number of rotatable bonds is 3. The number of fused-ring (bicyclic) bond motifs is 3. The highest BCUT2D eigenvalue weighted by Gasteiger charge is 2.22. The van der Waals surface area contributed by atoms with E-state index in [0.717, 1.165) is 28.8 Å². The first kappa shape index (κ1) is 10.1. The van der Waals surface area contributed by atoms with Crippen LogP contribution >= 0.6 is 0 Å². The second-order valence-corrected chi connectivity index (χ2v) is 3.87. The molecule has 2 heterocycles. The first-order valence-corrected chi connectivity index (χ1v) is 5.21. The Labute approximate surface area is 97.2 Å². The van der Waals surface area contributed by atoms with Gasteiger partial charge in [-0.15, -0.1) is 5.10 Å². The van der Waals surface area contributed by atoms with Gasteiger partial charge in [0.25, 0.3) is 0 Å². The maximum atomic E-state index is 10.8. The molecule has 6 nitrogen and oxygen atoms in total. The van der Waals surface area contributed by atoms with E-state index in [-0.39, 0.29) is 0 Å². The lowest BCUT2D eigenvalue weighted by molar-refractivity contribution is -0.116. The number of nitrogens with zero attached hydrogens (tertiary/aromatic N) is 4. The van der Waals surface area contributed by atoms with Crippen molar-refractivity contribution < 1.29 is 9.53 Å². The Morgan fingerprint density at radius 3 is 3.18 bits per heavy atom. The SMILES string of the molecule is CO[C@@H](C=O)c1ccc2c(c1)Cn1nnnc1-2. The minimum atomic E-state index is -0.515. The highest BCUT2D eigenvalue weighted by Crippen LogP contribution is 2.31. The van der Waals surface area contributed by atoms with Crippen molar-refractivity contribution in [3.05, 3.63) is 29.3 Å². The number of benzene rings is 1. The number of hydrogen-bond donors (Lipinski definition) is 0. The summed E-state index contributed by atoms with van der Waals surface area (Å²) in [6.45, 7) is 0.640. The Morgan fingerprint density at radius 2 is 2.41 bits per heavy atom. The fourth-order valence-electron chi connectivity index (χ4n) is 2.08. The standard InChI is InChI=1S/C11H10N4O2/c1-17-10(6-16)7-2-3-9-8(4-7)5-15-11(9)12-13-14-15/h2-4,6,10H,5H2,1H3/t10-/m0/s1. The summed E-state index contributed by atoms with van der Waals surface area (Å²) in [6, 6.07) is 5.75. The number of methoxy groups -OCH3 is 1. The number of carbonyl (C=O) groups is 1. The fraction of sp³-hybridized carbons (Fsp3) is 0.273. The number of ether oxygens (including phenoxy) is 1. The van der Waals surface area contributed by atoms with Gasteiger partial charge in [-0.25, -0.2) is 4.68 Å². The van der Waals surface area contributed by atoms with Crippen LogP contribution in [0.25, 0.3) is 11.4 Å². The molecule has 1 atom stereocenters. The van der Waals surface area contributed by atoms with Crippen molar-refractivity contribution in [3.63, 3.8) is 0 Å². The van der Waals surface area contributed by atoms with Crippen LogP contribution < -0.4 is 0 Å². The smallest absolute Gasteiger partial charge is 0.182 e. The van der Waals surface area contributed by atoms with Crippen molar-refractivity contribution in [1.82, 2.24) is 20.2 Å². The fourth-order valence-corrected chi connectivity index (χ4v) is 2.08. The Bertz CT molecular complexity index is 579. The predicted molar refractivity (Wildman–Crippen MR) is 58.2 cm³/mol. The summed E-state index contributed by atoms with van der Waals surface area (Å²) in [5.74, 6) is 0.770. The molecule has 0 N–H and O–H groups in total. The number of carbonyl (C=O) groups excluding carboxylic acids is 1. The van der Waals surface area contributed by atoms with Crippen molar-refractivity contribution in [3.8, 4) is 11.4 Å². The van der Waals surface area contributed by atoms with E-state index in [9.17, 15) is 4.79 Å². The Balaban J connectivity index is 2.04. The molecule has 1 aliphatic rings. The highest BCUT2D eigenvalue weighted by atomic mass is 16.5. The van der Waals surface area contributed by atoms with Gasteiger partial charge in [0.1, 0.15) is 6.10 Å². The van der Waals surface area contributed by atoms with E-state index in [1.807, 2.05) is 18.2 Å². The minimum absolute atomic E-state index is 0.515.